The second kappa shape index (κ2) is 9.81. The number of hydrogen-bond acceptors (Lipinski definition) is 7. The molecule has 0 fully saturated rings. The molecule has 0 bridgehead atoms. The molecule has 188 valence electrons. The third-order valence-corrected chi connectivity index (χ3v) is 6.50. The minimum atomic E-state index is 0.0374. The van der Waals surface area contributed by atoms with Crippen LogP contribution < -0.4 is 10.1 Å². The summed E-state index contributed by atoms with van der Waals surface area (Å²) in [7, 11) is 0. The molecule has 0 saturated carbocycles. The quantitative estimate of drug-likeness (QED) is 0.217. The van der Waals surface area contributed by atoms with Crippen molar-refractivity contribution in [2.75, 3.05) is 5.32 Å². The van der Waals surface area contributed by atoms with Gasteiger partial charge in [-0.15, -0.1) is 0 Å². The maximum Gasteiger partial charge on any atom is 0.232 e. The molecule has 1 unspecified atom stereocenters. The second-order valence-corrected chi connectivity index (χ2v) is 9.50. The van der Waals surface area contributed by atoms with Gasteiger partial charge in [-0.05, 0) is 44.4 Å². The van der Waals surface area contributed by atoms with E-state index in [0.717, 1.165) is 46.9 Å². The van der Waals surface area contributed by atoms with Crippen LogP contribution in [0.1, 0.15) is 58.9 Å². The van der Waals surface area contributed by atoms with E-state index in [-0.39, 0.29) is 12.1 Å². The summed E-state index contributed by atoms with van der Waals surface area (Å²) in [6.45, 7) is 10.2. The number of rotatable bonds is 9. The Morgan fingerprint density at radius 3 is 2.75 bits per heavy atom. The number of aromatic nitrogens is 6. The van der Waals surface area contributed by atoms with Crippen molar-refractivity contribution in [2.24, 2.45) is 0 Å². The van der Waals surface area contributed by atoms with Gasteiger partial charge in [-0.3, -0.25) is 0 Å². The van der Waals surface area contributed by atoms with Crippen molar-refractivity contribution < 1.29 is 9.15 Å². The van der Waals surface area contributed by atoms with Crippen molar-refractivity contribution in [2.45, 2.75) is 66.0 Å². The number of oxazole rings is 1. The predicted molar refractivity (Wildman–Crippen MR) is 142 cm³/mol. The highest BCUT2D eigenvalue weighted by Gasteiger charge is 2.21. The van der Waals surface area contributed by atoms with E-state index in [2.05, 4.69) is 34.2 Å². The number of halogens is 1. The minimum absolute atomic E-state index is 0.0374. The molecule has 9 nitrogen and oxygen atoms in total. The fraction of sp³-hybridized carbons (Fsp3) is 0.385. The number of aryl methyl sites for hydroxylation is 1. The normalized spacial score (nSPS) is 12.6. The summed E-state index contributed by atoms with van der Waals surface area (Å²) in [5, 5.41) is 8.90. The van der Waals surface area contributed by atoms with Crippen LogP contribution in [0.5, 0.6) is 5.88 Å². The maximum atomic E-state index is 6.54. The average molecular weight is 508 g/mol. The summed E-state index contributed by atoms with van der Waals surface area (Å²) in [6, 6.07) is 6.09. The van der Waals surface area contributed by atoms with Crippen LogP contribution in [0.2, 0.25) is 5.15 Å². The van der Waals surface area contributed by atoms with E-state index in [1.807, 2.05) is 45.2 Å². The zero-order chi connectivity index (χ0) is 25.4. The van der Waals surface area contributed by atoms with Gasteiger partial charge >= 0.3 is 0 Å². The van der Waals surface area contributed by atoms with Crippen LogP contribution >= 0.6 is 11.6 Å². The Hall–Kier alpha value is -3.59. The zero-order valence-electron chi connectivity index (χ0n) is 21.1. The molecule has 0 amide bonds. The molecule has 36 heavy (non-hydrogen) atoms. The van der Waals surface area contributed by atoms with Crippen LogP contribution in [0.3, 0.4) is 0 Å². The van der Waals surface area contributed by atoms with Gasteiger partial charge in [0, 0.05) is 24.7 Å². The van der Waals surface area contributed by atoms with E-state index in [0.29, 0.717) is 34.2 Å². The molecule has 0 radical (unpaired) electrons. The molecule has 5 rings (SSSR count). The summed E-state index contributed by atoms with van der Waals surface area (Å²) in [4.78, 5) is 17.2. The third-order valence-electron chi connectivity index (χ3n) is 6.12. The van der Waals surface area contributed by atoms with Crippen LogP contribution in [0.4, 0.5) is 11.6 Å². The molecule has 0 saturated heterocycles. The summed E-state index contributed by atoms with van der Waals surface area (Å²) >= 11 is 6.54. The highest BCUT2D eigenvalue weighted by atomic mass is 35.5. The van der Waals surface area contributed by atoms with Crippen LogP contribution in [-0.4, -0.2) is 35.8 Å². The number of nitrogens with zero attached hydrogens (tertiary/aromatic N) is 5. The average Bonchev–Trinajstić information content (AvgIpc) is 3.54. The van der Waals surface area contributed by atoms with Gasteiger partial charge in [0.2, 0.25) is 11.8 Å². The Kier molecular flexibility index (Phi) is 6.57. The predicted octanol–water partition coefficient (Wildman–Crippen LogP) is 7.21. The topological polar surface area (TPSA) is 107 Å². The lowest BCUT2D eigenvalue weighted by molar-refractivity contribution is 0.181. The van der Waals surface area contributed by atoms with Crippen LogP contribution in [0.25, 0.3) is 33.3 Å². The largest absolute Gasteiger partial charge is 0.474 e. The number of H-pyrrole nitrogens is 1. The van der Waals surface area contributed by atoms with E-state index in [1.54, 1.807) is 10.9 Å². The monoisotopic (exact) mass is 507 g/mol. The number of nitrogens with one attached hydrogen (secondary N) is 2. The fourth-order valence-electron chi connectivity index (χ4n) is 4.31. The van der Waals surface area contributed by atoms with Gasteiger partial charge < -0.3 is 19.5 Å². The van der Waals surface area contributed by atoms with Gasteiger partial charge in [0.05, 0.1) is 17.3 Å². The van der Waals surface area contributed by atoms with Crippen molar-refractivity contribution in [1.82, 2.24) is 29.7 Å². The molecule has 0 aliphatic heterocycles. The van der Waals surface area contributed by atoms with Gasteiger partial charge in [-0.25, -0.2) is 9.67 Å². The maximum absolute atomic E-state index is 6.54. The van der Waals surface area contributed by atoms with Gasteiger partial charge in [-0.1, -0.05) is 37.9 Å². The molecule has 0 aliphatic carbocycles. The minimum Gasteiger partial charge on any atom is -0.474 e. The molecule has 5 aromatic rings. The van der Waals surface area contributed by atoms with E-state index in [4.69, 9.17) is 30.7 Å². The lowest BCUT2D eigenvalue weighted by atomic mass is 10.1. The molecule has 1 atom stereocenters. The van der Waals surface area contributed by atoms with Gasteiger partial charge in [0.25, 0.3) is 0 Å². The molecule has 4 aromatic heterocycles. The van der Waals surface area contributed by atoms with Crippen LogP contribution in [0, 0.1) is 6.92 Å². The SMILES string of the molecule is CCCC(CC)Oc1nc(Nc2cnn(C(C)C)c2Cl)nc2[nH]cc(-c3ccc4nc(C)oc4c3)c12. The first-order valence-corrected chi connectivity index (χ1v) is 12.7. The molecular formula is C26H30ClN7O2. The first-order valence-electron chi connectivity index (χ1n) is 12.3. The Labute approximate surface area is 214 Å². The first kappa shape index (κ1) is 24.1. The number of anilines is 2. The van der Waals surface area contributed by atoms with E-state index in [9.17, 15) is 0 Å². The zero-order valence-corrected chi connectivity index (χ0v) is 21.8. The van der Waals surface area contributed by atoms with Crippen molar-refractivity contribution in [3.8, 4) is 17.0 Å². The molecular weight excluding hydrogens is 478 g/mol. The Balaban J connectivity index is 1.60. The number of aromatic amines is 1. The second-order valence-electron chi connectivity index (χ2n) is 9.14. The molecule has 1 aromatic carbocycles. The van der Waals surface area contributed by atoms with Crippen molar-refractivity contribution in [3.05, 3.63) is 41.6 Å². The van der Waals surface area contributed by atoms with Gasteiger partial charge in [0.15, 0.2) is 16.6 Å². The lowest BCUT2D eigenvalue weighted by Crippen LogP contribution is -2.16. The van der Waals surface area contributed by atoms with Crippen molar-refractivity contribution in [1.29, 1.82) is 0 Å². The molecule has 4 heterocycles. The van der Waals surface area contributed by atoms with Crippen LogP contribution in [-0.2, 0) is 0 Å². The Bertz CT molecular complexity index is 1520. The smallest absolute Gasteiger partial charge is 0.232 e. The fourth-order valence-corrected chi connectivity index (χ4v) is 4.65. The number of hydrogen-bond donors (Lipinski definition) is 2. The van der Waals surface area contributed by atoms with E-state index >= 15 is 0 Å². The summed E-state index contributed by atoms with van der Waals surface area (Å²) in [6.07, 6.45) is 6.46. The number of ether oxygens (including phenoxy) is 1. The Morgan fingerprint density at radius 2 is 2.03 bits per heavy atom. The number of fused-ring (bicyclic) bond motifs is 2. The molecule has 10 heteroatoms. The molecule has 0 spiro atoms. The van der Waals surface area contributed by atoms with E-state index in [1.165, 1.54) is 0 Å². The van der Waals surface area contributed by atoms with Gasteiger partial charge in [-0.2, -0.15) is 15.1 Å². The first-order chi connectivity index (χ1) is 17.4. The molecule has 0 aliphatic rings. The summed E-state index contributed by atoms with van der Waals surface area (Å²) < 4.78 is 14.0. The Morgan fingerprint density at radius 1 is 1.19 bits per heavy atom. The third kappa shape index (κ3) is 4.51. The standard InChI is InChI=1S/C26H30ClN7O2/c1-6-8-17(7-2)36-25-22-18(16-9-10-19-21(11-16)35-15(5)30-19)12-28-24(22)32-26(33-25)31-20-13-29-34(14(3)4)23(20)27/h9-14,17H,6-8H2,1-5H3,(H2,28,31,32,33). The molecule has 2 N–H and O–H groups in total. The summed E-state index contributed by atoms with van der Waals surface area (Å²) in [5.74, 6) is 1.53. The lowest BCUT2D eigenvalue weighted by Gasteiger charge is -2.18. The van der Waals surface area contributed by atoms with Crippen molar-refractivity contribution >= 4 is 45.4 Å². The van der Waals surface area contributed by atoms with Crippen LogP contribution in [0.15, 0.2) is 35.0 Å². The highest BCUT2D eigenvalue weighted by molar-refractivity contribution is 6.32. The van der Waals surface area contributed by atoms with E-state index < -0.39 is 0 Å². The highest BCUT2D eigenvalue weighted by Crippen LogP contribution is 2.37. The van der Waals surface area contributed by atoms with Crippen molar-refractivity contribution in [3.63, 3.8) is 0 Å². The van der Waals surface area contributed by atoms with Gasteiger partial charge in [0.1, 0.15) is 17.3 Å². The number of benzene rings is 1. The summed E-state index contributed by atoms with van der Waals surface area (Å²) in [5.41, 5.74) is 4.74.